The number of aryl methyl sites for hydroxylation is 2. The Hall–Kier alpha value is -1.88. The first kappa shape index (κ1) is 17.2. The zero-order valence-corrected chi connectivity index (χ0v) is 12.0. The second kappa shape index (κ2) is 7.22. The molecule has 0 heterocycles. The molecule has 0 aliphatic rings. The summed E-state index contributed by atoms with van der Waals surface area (Å²) in [5, 5.41) is 0. The van der Waals surface area contributed by atoms with Crippen LogP contribution in [0.1, 0.15) is 11.1 Å². The van der Waals surface area contributed by atoms with Crippen LogP contribution in [0, 0.1) is 19.7 Å². The number of methoxy groups -OCH3 is 1. The van der Waals surface area contributed by atoms with Gasteiger partial charge in [-0.25, -0.2) is 4.39 Å². The van der Waals surface area contributed by atoms with Crippen LogP contribution < -0.4 is 0 Å². The molecule has 0 saturated carbocycles. The molecule has 0 aliphatic heterocycles. The topological polar surface area (TPSA) is 9.23 Å². The van der Waals surface area contributed by atoms with Gasteiger partial charge >= 0.3 is 6.36 Å². The minimum absolute atomic E-state index is 0.154. The molecule has 0 unspecified atom stereocenters. The van der Waals surface area contributed by atoms with E-state index >= 15 is 0 Å². The average Bonchev–Trinajstić information content (AvgIpc) is 2.40. The van der Waals surface area contributed by atoms with Crippen LogP contribution in [0.25, 0.3) is 11.1 Å². The first-order chi connectivity index (χ1) is 9.73. The fourth-order valence-electron chi connectivity index (χ4n) is 1.59. The summed E-state index contributed by atoms with van der Waals surface area (Å²) in [5.41, 5.74) is 3.73. The maximum Gasteiger partial charge on any atom is 0.522 e. The quantitative estimate of drug-likeness (QED) is 0.653. The SMILES string of the molecule is COC(F)(F)F.Cc1ccc(-c2ccc(C)cc2F)cc1. The highest BCUT2D eigenvalue weighted by atomic mass is 19.4. The lowest BCUT2D eigenvalue weighted by molar-refractivity contribution is -0.311. The van der Waals surface area contributed by atoms with Crippen molar-refractivity contribution >= 4 is 0 Å². The summed E-state index contributed by atoms with van der Waals surface area (Å²) < 4.78 is 48.3. The molecule has 0 aromatic heterocycles. The normalized spacial score (nSPS) is 10.8. The van der Waals surface area contributed by atoms with Crippen LogP contribution in [-0.2, 0) is 4.74 Å². The molecule has 0 amide bonds. The van der Waals surface area contributed by atoms with Crippen molar-refractivity contribution in [2.24, 2.45) is 0 Å². The predicted molar refractivity (Wildman–Crippen MR) is 74.4 cm³/mol. The van der Waals surface area contributed by atoms with Crippen LogP contribution in [0.5, 0.6) is 0 Å². The second-order valence-electron chi connectivity index (χ2n) is 4.50. The lowest BCUT2D eigenvalue weighted by Crippen LogP contribution is -2.08. The molecule has 0 radical (unpaired) electrons. The maximum absolute atomic E-state index is 13.6. The van der Waals surface area contributed by atoms with Crippen molar-refractivity contribution in [2.75, 3.05) is 7.11 Å². The molecule has 2 aromatic rings. The zero-order chi connectivity index (χ0) is 16.0. The zero-order valence-electron chi connectivity index (χ0n) is 12.0. The van der Waals surface area contributed by atoms with Crippen molar-refractivity contribution in [1.29, 1.82) is 0 Å². The van der Waals surface area contributed by atoms with Gasteiger partial charge in [-0.15, -0.1) is 13.2 Å². The molecule has 2 rings (SSSR count). The van der Waals surface area contributed by atoms with Gasteiger partial charge in [-0.1, -0.05) is 42.0 Å². The van der Waals surface area contributed by atoms with Gasteiger partial charge in [0.15, 0.2) is 0 Å². The van der Waals surface area contributed by atoms with E-state index in [-0.39, 0.29) is 5.82 Å². The van der Waals surface area contributed by atoms with Crippen molar-refractivity contribution in [3.8, 4) is 11.1 Å². The Morgan fingerprint density at radius 2 is 1.33 bits per heavy atom. The van der Waals surface area contributed by atoms with Gasteiger partial charge in [-0.2, -0.15) is 0 Å². The van der Waals surface area contributed by atoms with Crippen molar-refractivity contribution < 1.29 is 22.3 Å². The summed E-state index contributed by atoms with van der Waals surface area (Å²) in [6, 6.07) is 13.2. The van der Waals surface area contributed by atoms with Crippen LogP contribution in [0.3, 0.4) is 0 Å². The number of halogens is 4. The first-order valence-electron chi connectivity index (χ1n) is 6.18. The summed E-state index contributed by atoms with van der Waals surface area (Å²) in [7, 11) is 0.583. The molecule has 5 heteroatoms. The molecule has 0 saturated heterocycles. The number of benzene rings is 2. The molecule has 1 nitrogen and oxygen atoms in total. The Labute approximate surface area is 121 Å². The summed E-state index contributed by atoms with van der Waals surface area (Å²) >= 11 is 0. The van der Waals surface area contributed by atoms with Gasteiger partial charge in [0.1, 0.15) is 5.82 Å². The van der Waals surface area contributed by atoms with Crippen molar-refractivity contribution in [3.63, 3.8) is 0 Å². The van der Waals surface area contributed by atoms with Crippen LogP contribution in [0.15, 0.2) is 42.5 Å². The van der Waals surface area contributed by atoms with Gasteiger partial charge in [-0.3, -0.25) is 4.74 Å². The predicted octanol–water partition coefficient (Wildman–Crippen LogP) is 5.26. The second-order valence-corrected chi connectivity index (χ2v) is 4.50. The third-order valence-electron chi connectivity index (χ3n) is 2.72. The molecule has 21 heavy (non-hydrogen) atoms. The van der Waals surface area contributed by atoms with Gasteiger partial charge in [0.2, 0.25) is 0 Å². The molecule has 0 aliphatic carbocycles. The Balaban J connectivity index is 0.000000315. The van der Waals surface area contributed by atoms with Crippen LogP contribution in [-0.4, -0.2) is 13.5 Å². The number of hydrogen-bond donors (Lipinski definition) is 0. The number of hydrogen-bond acceptors (Lipinski definition) is 1. The molecule has 0 N–H and O–H groups in total. The van der Waals surface area contributed by atoms with Crippen LogP contribution >= 0.6 is 0 Å². The minimum atomic E-state index is -4.46. The van der Waals surface area contributed by atoms with Gasteiger partial charge in [0.25, 0.3) is 0 Å². The van der Waals surface area contributed by atoms with Crippen molar-refractivity contribution in [2.45, 2.75) is 20.2 Å². The van der Waals surface area contributed by atoms with Crippen molar-refractivity contribution in [3.05, 3.63) is 59.4 Å². The number of alkyl halides is 3. The van der Waals surface area contributed by atoms with Crippen molar-refractivity contribution in [1.82, 2.24) is 0 Å². The van der Waals surface area contributed by atoms with E-state index in [9.17, 15) is 17.6 Å². The van der Waals surface area contributed by atoms with Crippen LogP contribution in [0.4, 0.5) is 17.6 Å². The largest absolute Gasteiger partial charge is 0.522 e. The first-order valence-corrected chi connectivity index (χ1v) is 6.18. The lowest BCUT2D eigenvalue weighted by Gasteiger charge is -2.04. The van der Waals surface area contributed by atoms with E-state index in [2.05, 4.69) is 4.74 Å². The highest BCUT2D eigenvalue weighted by molar-refractivity contribution is 5.64. The Morgan fingerprint density at radius 3 is 1.76 bits per heavy atom. The molecule has 0 bridgehead atoms. The smallest absolute Gasteiger partial charge is 0.295 e. The maximum atomic E-state index is 13.6. The fraction of sp³-hybridized carbons (Fsp3) is 0.250. The number of rotatable bonds is 1. The third-order valence-corrected chi connectivity index (χ3v) is 2.72. The van der Waals surface area contributed by atoms with E-state index in [0.29, 0.717) is 12.7 Å². The van der Waals surface area contributed by atoms with E-state index in [4.69, 9.17) is 0 Å². The standard InChI is InChI=1S/C14H13F.C2H3F3O/c1-10-3-6-12(7-4-10)13-8-5-11(2)9-14(13)15;1-6-2(3,4)5/h3-9H,1-2H3;1H3. The molecule has 0 spiro atoms. The summed E-state index contributed by atoms with van der Waals surface area (Å²) in [4.78, 5) is 0. The molecular weight excluding hydrogens is 284 g/mol. The Kier molecular flexibility index (Phi) is 5.90. The summed E-state index contributed by atoms with van der Waals surface area (Å²) in [6.45, 7) is 3.91. The van der Waals surface area contributed by atoms with E-state index in [1.807, 2.05) is 50.2 Å². The highest BCUT2D eigenvalue weighted by Gasteiger charge is 2.25. The van der Waals surface area contributed by atoms with Gasteiger partial charge in [-0.05, 0) is 31.0 Å². The van der Waals surface area contributed by atoms with Gasteiger partial charge in [0, 0.05) is 12.7 Å². The summed E-state index contributed by atoms with van der Waals surface area (Å²) in [5.74, 6) is -0.154. The van der Waals surface area contributed by atoms with E-state index < -0.39 is 6.36 Å². The van der Waals surface area contributed by atoms with E-state index in [0.717, 1.165) is 11.1 Å². The molecular formula is C16H16F4O. The Bertz CT molecular complexity index is 574. The minimum Gasteiger partial charge on any atom is -0.295 e. The molecule has 0 fully saturated rings. The molecule has 0 atom stereocenters. The fourth-order valence-corrected chi connectivity index (χ4v) is 1.59. The third kappa shape index (κ3) is 5.95. The van der Waals surface area contributed by atoms with E-state index in [1.54, 1.807) is 6.07 Å². The number of ether oxygens (including phenoxy) is 1. The monoisotopic (exact) mass is 300 g/mol. The molecule has 2 aromatic carbocycles. The van der Waals surface area contributed by atoms with Gasteiger partial charge < -0.3 is 0 Å². The lowest BCUT2D eigenvalue weighted by atomic mass is 10.0. The van der Waals surface area contributed by atoms with Crippen LogP contribution in [0.2, 0.25) is 0 Å². The average molecular weight is 300 g/mol. The van der Waals surface area contributed by atoms with E-state index in [1.165, 1.54) is 5.56 Å². The molecule has 114 valence electrons. The highest BCUT2D eigenvalue weighted by Crippen LogP contribution is 2.23. The van der Waals surface area contributed by atoms with Gasteiger partial charge in [0.05, 0.1) is 0 Å². The summed E-state index contributed by atoms with van der Waals surface area (Å²) in [6.07, 6.45) is -4.46. The Morgan fingerprint density at radius 1 is 0.857 bits per heavy atom.